The van der Waals surface area contributed by atoms with E-state index in [4.69, 9.17) is 16.3 Å². The Morgan fingerprint density at radius 2 is 2.09 bits per heavy atom. The first-order valence-corrected chi connectivity index (χ1v) is 13.3. The van der Waals surface area contributed by atoms with Crippen LogP contribution in [0.5, 0.6) is 5.75 Å². The van der Waals surface area contributed by atoms with Crippen molar-refractivity contribution in [3.63, 3.8) is 0 Å². The van der Waals surface area contributed by atoms with Gasteiger partial charge in [0, 0.05) is 35.3 Å². The molecule has 1 N–H and O–H groups in total. The number of aliphatic hydroxyl groups is 1. The van der Waals surface area contributed by atoms with Gasteiger partial charge < -0.3 is 14.7 Å². The number of aryl methyl sites for hydroxylation is 1. The van der Waals surface area contributed by atoms with Gasteiger partial charge in [0.05, 0.1) is 22.7 Å². The highest BCUT2D eigenvalue weighted by molar-refractivity contribution is 7.09. The van der Waals surface area contributed by atoms with E-state index in [-0.39, 0.29) is 12.0 Å². The van der Waals surface area contributed by atoms with Crippen LogP contribution in [0.2, 0.25) is 5.02 Å². The summed E-state index contributed by atoms with van der Waals surface area (Å²) in [6, 6.07) is 5.43. The average Bonchev–Trinajstić information content (AvgIpc) is 3.39. The molecule has 5 nitrogen and oxygen atoms in total. The molecule has 0 aliphatic carbocycles. The summed E-state index contributed by atoms with van der Waals surface area (Å²) in [6.07, 6.45) is 8.23. The molecule has 1 aromatic carbocycles. The van der Waals surface area contributed by atoms with Gasteiger partial charge in [-0.1, -0.05) is 11.6 Å². The number of nitrogens with zero attached hydrogens (tertiary/aromatic N) is 3. The summed E-state index contributed by atoms with van der Waals surface area (Å²) < 4.78 is 20.9. The fourth-order valence-corrected chi connectivity index (χ4v) is 5.85. The minimum Gasteiger partial charge on any atom is -0.497 e. The molecule has 34 heavy (non-hydrogen) atoms. The number of rotatable bonds is 11. The topological polar surface area (TPSA) is 58.5 Å². The van der Waals surface area contributed by atoms with Gasteiger partial charge in [-0.05, 0) is 88.2 Å². The second kappa shape index (κ2) is 11.8. The maximum absolute atomic E-state index is 15.6. The van der Waals surface area contributed by atoms with Crippen molar-refractivity contribution in [1.82, 2.24) is 14.9 Å². The van der Waals surface area contributed by atoms with Crippen molar-refractivity contribution in [1.29, 1.82) is 0 Å². The number of hydrogen-bond donors (Lipinski definition) is 1. The van der Waals surface area contributed by atoms with Crippen LogP contribution in [0.3, 0.4) is 0 Å². The van der Waals surface area contributed by atoms with Gasteiger partial charge in [-0.2, -0.15) is 0 Å². The van der Waals surface area contributed by atoms with Crippen molar-refractivity contribution >= 4 is 33.8 Å². The third kappa shape index (κ3) is 6.06. The lowest BCUT2D eigenvalue weighted by molar-refractivity contribution is 0.0298. The molecular formula is C26H33ClFN3O2S. The molecule has 1 fully saturated rings. The second-order valence-corrected chi connectivity index (χ2v) is 10.7. The van der Waals surface area contributed by atoms with E-state index in [1.807, 2.05) is 23.7 Å². The Bertz CT molecular complexity index is 1060. The van der Waals surface area contributed by atoms with Crippen molar-refractivity contribution in [3.8, 4) is 5.75 Å². The number of fused-ring (bicyclic) bond motifs is 1. The molecule has 3 aromatic rings. The largest absolute Gasteiger partial charge is 0.497 e. The smallest absolute Gasteiger partial charge is 0.127 e. The summed E-state index contributed by atoms with van der Waals surface area (Å²) in [5.74, 6) is 0.649. The lowest BCUT2D eigenvalue weighted by Gasteiger charge is -2.41. The average molecular weight is 506 g/mol. The van der Waals surface area contributed by atoms with Gasteiger partial charge in [0.25, 0.3) is 0 Å². The van der Waals surface area contributed by atoms with Crippen LogP contribution in [0.1, 0.15) is 55.3 Å². The predicted octanol–water partition coefficient (Wildman–Crippen LogP) is 6.24. The number of unbranched alkanes of at least 4 members (excludes halogenated alkanes) is 1. The van der Waals surface area contributed by atoms with Crippen LogP contribution in [0.25, 0.3) is 10.9 Å². The molecule has 1 saturated heterocycles. The van der Waals surface area contributed by atoms with Gasteiger partial charge in [-0.25, -0.2) is 9.37 Å². The molecule has 0 unspecified atom stereocenters. The van der Waals surface area contributed by atoms with E-state index >= 15 is 4.39 Å². The summed E-state index contributed by atoms with van der Waals surface area (Å²) in [6.45, 7) is 3.06. The summed E-state index contributed by atoms with van der Waals surface area (Å²) in [5.41, 5.74) is 0.938. The number of piperidine rings is 1. The Balaban J connectivity index is 1.31. The third-order valence-electron chi connectivity index (χ3n) is 7.16. The molecule has 2 aromatic heterocycles. The molecule has 0 saturated carbocycles. The van der Waals surface area contributed by atoms with Gasteiger partial charge >= 0.3 is 0 Å². The Morgan fingerprint density at radius 3 is 2.79 bits per heavy atom. The third-order valence-corrected chi connectivity index (χ3v) is 8.30. The second-order valence-electron chi connectivity index (χ2n) is 9.29. The van der Waals surface area contributed by atoms with Crippen LogP contribution in [-0.4, -0.2) is 53.3 Å². The number of aliphatic hydroxyl groups excluding tert-OH is 1. The maximum atomic E-state index is 15.6. The number of halogens is 2. The van der Waals surface area contributed by atoms with E-state index < -0.39 is 6.17 Å². The van der Waals surface area contributed by atoms with Crippen LogP contribution in [0.15, 0.2) is 36.0 Å². The Labute approximate surface area is 209 Å². The molecule has 1 aliphatic heterocycles. The highest BCUT2D eigenvalue weighted by atomic mass is 35.5. The molecule has 0 amide bonds. The number of pyridine rings is 1. The first-order chi connectivity index (χ1) is 16.5. The fourth-order valence-electron chi connectivity index (χ4n) is 4.92. The van der Waals surface area contributed by atoms with Crippen LogP contribution >= 0.6 is 22.9 Å². The normalized spacial score (nSPS) is 17.2. The standard InChI is InChI=1S/C26H33ClFN3O2S/c1-33-19-5-6-23-20(16-19)25(21(27)17-30-23)22(28)7-8-26(18-32)9-13-31(14-10-26)12-3-2-4-24-29-11-15-34-24/h5-6,11,15-17,22,32H,2-4,7-10,12-14,18H2,1H3/t22-/m0/s1. The number of alkyl halides is 1. The zero-order valence-corrected chi connectivity index (χ0v) is 21.3. The van der Waals surface area contributed by atoms with E-state index in [1.165, 1.54) is 11.2 Å². The van der Waals surface area contributed by atoms with E-state index in [2.05, 4.69) is 14.9 Å². The zero-order chi connectivity index (χ0) is 24.0. The minimum absolute atomic E-state index is 0.0935. The van der Waals surface area contributed by atoms with Crippen molar-refractivity contribution in [2.24, 2.45) is 5.41 Å². The number of benzene rings is 1. The van der Waals surface area contributed by atoms with Gasteiger partial charge in [0.1, 0.15) is 11.9 Å². The maximum Gasteiger partial charge on any atom is 0.127 e. The Morgan fingerprint density at radius 1 is 1.26 bits per heavy atom. The first-order valence-electron chi connectivity index (χ1n) is 12.0. The zero-order valence-electron chi connectivity index (χ0n) is 19.7. The SMILES string of the molecule is COc1ccc2ncc(Cl)c([C@@H](F)CCC3(CO)CCN(CCCCc4nccs4)CC3)c2c1. The molecule has 184 valence electrons. The van der Waals surface area contributed by atoms with Crippen LogP contribution in [0.4, 0.5) is 4.39 Å². The highest BCUT2D eigenvalue weighted by Crippen LogP contribution is 2.41. The minimum atomic E-state index is -1.22. The van der Waals surface area contributed by atoms with Gasteiger partial charge in [-0.15, -0.1) is 11.3 Å². The van der Waals surface area contributed by atoms with Gasteiger partial charge in [-0.3, -0.25) is 4.98 Å². The van der Waals surface area contributed by atoms with Gasteiger partial charge in [0.2, 0.25) is 0 Å². The summed E-state index contributed by atoms with van der Waals surface area (Å²) in [7, 11) is 1.59. The lowest BCUT2D eigenvalue weighted by Crippen LogP contribution is -2.42. The molecule has 0 spiro atoms. The van der Waals surface area contributed by atoms with Crippen molar-refractivity contribution < 1.29 is 14.2 Å². The van der Waals surface area contributed by atoms with E-state index in [0.717, 1.165) is 51.7 Å². The first kappa shape index (κ1) is 25.3. The van der Waals surface area contributed by atoms with E-state index in [9.17, 15) is 5.11 Å². The molecule has 8 heteroatoms. The molecule has 1 atom stereocenters. The molecular weight excluding hydrogens is 473 g/mol. The van der Waals surface area contributed by atoms with Crippen LogP contribution < -0.4 is 4.74 Å². The fraction of sp³-hybridized carbons (Fsp3) is 0.538. The molecule has 0 radical (unpaired) electrons. The number of ether oxygens (including phenoxy) is 1. The number of thiazole rings is 1. The molecule has 1 aliphatic rings. The Hall–Kier alpha value is -1.80. The number of hydrogen-bond acceptors (Lipinski definition) is 6. The summed E-state index contributed by atoms with van der Waals surface area (Å²) >= 11 is 8.11. The Kier molecular flexibility index (Phi) is 8.75. The quantitative estimate of drug-likeness (QED) is 0.312. The summed E-state index contributed by atoms with van der Waals surface area (Å²) in [5, 5.41) is 14.5. The van der Waals surface area contributed by atoms with Crippen LogP contribution in [-0.2, 0) is 6.42 Å². The molecule has 3 heterocycles. The van der Waals surface area contributed by atoms with E-state index in [0.29, 0.717) is 40.1 Å². The van der Waals surface area contributed by atoms with Crippen LogP contribution in [0, 0.1) is 5.41 Å². The number of aromatic nitrogens is 2. The molecule has 4 rings (SSSR count). The molecule has 0 bridgehead atoms. The highest BCUT2D eigenvalue weighted by Gasteiger charge is 2.35. The van der Waals surface area contributed by atoms with Crippen molar-refractivity contribution in [2.75, 3.05) is 33.4 Å². The number of likely N-dealkylation sites (tertiary alicyclic amines) is 1. The van der Waals surface area contributed by atoms with Gasteiger partial charge in [0.15, 0.2) is 0 Å². The lowest BCUT2D eigenvalue weighted by atomic mass is 9.74. The van der Waals surface area contributed by atoms with Crippen molar-refractivity contribution in [2.45, 2.75) is 51.1 Å². The number of methoxy groups -OCH3 is 1. The summed E-state index contributed by atoms with van der Waals surface area (Å²) in [4.78, 5) is 11.2. The predicted molar refractivity (Wildman–Crippen MR) is 137 cm³/mol. The monoisotopic (exact) mass is 505 g/mol. The van der Waals surface area contributed by atoms with E-state index in [1.54, 1.807) is 24.5 Å². The van der Waals surface area contributed by atoms with Crippen molar-refractivity contribution in [3.05, 3.63) is 51.6 Å².